The Labute approximate surface area is 257 Å². The highest BCUT2D eigenvalue weighted by atomic mass is 32.1. The van der Waals surface area contributed by atoms with Crippen LogP contribution in [0.15, 0.2) is 146 Å². The molecule has 0 spiro atoms. The summed E-state index contributed by atoms with van der Waals surface area (Å²) in [5.41, 5.74) is 6.44. The van der Waals surface area contributed by atoms with Crippen LogP contribution in [0.25, 0.3) is 81.8 Å². The predicted octanol–water partition coefficient (Wildman–Crippen LogP) is 10.3. The number of aromatic nitrogens is 4. The van der Waals surface area contributed by atoms with Crippen molar-refractivity contribution in [3.05, 3.63) is 146 Å². The van der Waals surface area contributed by atoms with Gasteiger partial charge in [0.1, 0.15) is 0 Å². The summed E-state index contributed by atoms with van der Waals surface area (Å²) in [7, 11) is 0. The largest absolute Gasteiger partial charge is 0.278 e. The second kappa shape index (κ2) is 9.97. The molecule has 0 unspecified atom stereocenters. The third kappa shape index (κ3) is 3.94. The van der Waals surface area contributed by atoms with Crippen LogP contribution in [-0.2, 0) is 0 Å². The lowest BCUT2D eigenvalue weighted by Crippen LogP contribution is -2.06. The predicted molar refractivity (Wildman–Crippen MR) is 183 cm³/mol. The number of rotatable bonds is 4. The lowest BCUT2D eigenvalue weighted by atomic mass is 10.0. The van der Waals surface area contributed by atoms with Crippen LogP contribution >= 0.6 is 11.3 Å². The topological polar surface area (TPSA) is 43.6 Å². The highest BCUT2D eigenvalue weighted by Gasteiger charge is 2.20. The van der Waals surface area contributed by atoms with Crippen LogP contribution in [0.2, 0.25) is 0 Å². The summed E-state index contributed by atoms with van der Waals surface area (Å²) in [5, 5.41) is 4.72. The number of thiophene rings is 1. The third-order valence-electron chi connectivity index (χ3n) is 8.28. The lowest BCUT2D eigenvalue weighted by molar-refractivity contribution is 0.954. The molecule has 0 aliphatic heterocycles. The van der Waals surface area contributed by atoms with E-state index in [0.29, 0.717) is 17.6 Å². The number of benzene rings is 6. The number of para-hydroxylation sites is 1. The summed E-state index contributed by atoms with van der Waals surface area (Å²) >= 11 is 1.80. The molecule has 6 aromatic carbocycles. The first-order chi connectivity index (χ1) is 21.8. The van der Waals surface area contributed by atoms with Gasteiger partial charge in [0.25, 0.3) is 0 Å². The summed E-state index contributed by atoms with van der Waals surface area (Å²) < 4.78 is 4.66. The van der Waals surface area contributed by atoms with Crippen molar-refractivity contribution in [1.29, 1.82) is 0 Å². The molecule has 0 atom stereocenters. The van der Waals surface area contributed by atoms with Gasteiger partial charge in [0, 0.05) is 42.1 Å². The monoisotopic (exact) mass is 580 g/mol. The number of nitrogens with zero attached hydrogens (tertiary/aromatic N) is 4. The molecule has 3 heterocycles. The van der Waals surface area contributed by atoms with E-state index in [1.165, 1.54) is 31.3 Å². The van der Waals surface area contributed by atoms with Gasteiger partial charge >= 0.3 is 0 Å². The number of fused-ring (bicyclic) bond motifs is 6. The van der Waals surface area contributed by atoms with Gasteiger partial charge in [0.05, 0.1) is 11.0 Å². The van der Waals surface area contributed by atoms with Gasteiger partial charge in [0.2, 0.25) is 5.95 Å². The van der Waals surface area contributed by atoms with Crippen molar-refractivity contribution >= 4 is 53.3 Å². The van der Waals surface area contributed by atoms with Gasteiger partial charge in [0.15, 0.2) is 11.6 Å². The average molecular weight is 581 g/mol. The number of hydrogen-bond acceptors (Lipinski definition) is 4. The van der Waals surface area contributed by atoms with Crippen molar-refractivity contribution in [2.45, 2.75) is 0 Å². The molecule has 0 aliphatic carbocycles. The van der Waals surface area contributed by atoms with Crippen LogP contribution in [0.4, 0.5) is 0 Å². The van der Waals surface area contributed by atoms with Gasteiger partial charge in [-0.15, -0.1) is 11.3 Å². The van der Waals surface area contributed by atoms with Crippen LogP contribution in [-0.4, -0.2) is 19.5 Å². The minimum absolute atomic E-state index is 0.601. The van der Waals surface area contributed by atoms with Crippen molar-refractivity contribution in [1.82, 2.24) is 19.5 Å². The summed E-state index contributed by atoms with van der Waals surface area (Å²) in [6.45, 7) is 0. The summed E-state index contributed by atoms with van der Waals surface area (Å²) in [6, 6.07) is 50.8. The van der Waals surface area contributed by atoms with E-state index in [-0.39, 0.29) is 0 Å². The molecule has 3 aromatic heterocycles. The summed E-state index contributed by atoms with van der Waals surface area (Å²) in [5.74, 6) is 1.91. The molecule has 44 heavy (non-hydrogen) atoms. The molecule has 206 valence electrons. The van der Waals surface area contributed by atoms with Crippen LogP contribution in [0.5, 0.6) is 0 Å². The Morgan fingerprint density at radius 3 is 1.93 bits per heavy atom. The average Bonchev–Trinajstić information content (AvgIpc) is 3.64. The molecule has 0 aliphatic rings. The van der Waals surface area contributed by atoms with Gasteiger partial charge in [-0.1, -0.05) is 115 Å². The zero-order valence-corrected chi connectivity index (χ0v) is 24.4. The first kappa shape index (κ1) is 24.9. The maximum Gasteiger partial charge on any atom is 0.238 e. The zero-order chi connectivity index (χ0) is 29.0. The molecule has 5 heteroatoms. The van der Waals surface area contributed by atoms with Crippen molar-refractivity contribution in [2.24, 2.45) is 0 Å². The van der Waals surface area contributed by atoms with E-state index in [9.17, 15) is 0 Å². The van der Waals surface area contributed by atoms with Crippen LogP contribution in [0, 0.1) is 0 Å². The van der Waals surface area contributed by atoms with E-state index < -0.39 is 0 Å². The van der Waals surface area contributed by atoms with E-state index in [1.54, 1.807) is 11.3 Å². The minimum Gasteiger partial charge on any atom is -0.278 e. The summed E-state index contributed by atoms with van der Waals surface area (Å²) in [6.07, 6.45) is 0. The zero-order valence-electron chi connectivity index (χ0n) is 23.6. The van der Waals surface area contributed by atoms with E-state index in [4.69, 9.17) is 15.0 Å². The Kier molecular flexibility index (Phi) is 5.64. The van der Waals surface area contributed by atoms with Gasteiger partial charge in [-0.05, 0) is 41.5 Å². The fraction of sp³-hybridized carbons (Fsp3) is 0. The maximum absolute atomic E-state index is 5.23. The molecule has 0 fully saturated rings. The molecule has 0 bridgehead atoms. The maximum atomic E-state index is 5.23. The smallest absolute Gasteiger partial charge is 0.238 e. The fourth-order valence-electron chi connectivity index (χ4n) is 6.26. The Balaban J connectivity index is 1.35. The molecule has 0 N–H and O–H groups in total. The number of hydrogen-bond donors (Lipinski definition) is 0. The fourth-order valence-corrected chi connectivity index (χ4v) is 7.39. The highest BCUT2D eigenvalue weighted by molar-refractivity contribution is 7.25. The van der Waals surface area contributed by atoms with Gasteiger partial charge in [-0.3, -0.25) is 4.57 Å². The van der Waals surface area contributed by atoms with Crippen molar-refractivity contribution in [3.63, 3.8) is 0 Å². The van der Waals surface area contributed by atoms with Gasteiger partial charge < -0.3 is 0 Å². The molecule has 0 amide bonds. The second-order valence-corrected chi connectivity index (χ2v) is 12.0. The van der Waals surface area contributed by atoms with Gasteiger partial charge in [-0.25, -0.2) is 4.98 Å². The first-order valence-electron chi connectivity index (χ1n) is 14.6. The molecule has 9 rings (SSSR count). The first-order valence-corrected chi connectivity index (χ1v) is 15.4. The van der Waals surface area contributed by atoms with Crippen LogP contribution in [0.1, 0.15) is 0 Å². The molecule has 0 saturated heterocycles. The molecule has 0 saturated carbocycles. The Morgan fingerprint density at radius 1 is 0.432 bits per heavy atom. The lowest BCUT2D eigenvalue weighted by Gasteiger charge is -2.12. The molecular weight excluding hydrogens is 557 g/mol. The van der Waals surface area contributed by atoms with Crippen molar-refractivity contribution in [3.8, 4) is 39.9 Å². The van der Waals surface area contributed by atoms with Crippen LogP contribution in [0.3, 0.4) is 0 Å². The molecule has 4 nitrogen and oxygen atoms in total. The van der Waals surface area contributed by atoms with Crippen LogP contribution < -0.4 is 0 Å². The standard InChI is InChI=1S/C39H24N4S/c1-3-12-25(13-4-1)27-22-23-33-31(24-27)28-16-7-9-19-32(28)43(33)39-41-37(26-14-5-2-6-15-26)40-38(42-39)30-18-11-21-35-36(30)29-17-8-10-20-34(29)44-35/h1-24H. The Bertz CT molecular complexity index is 2490. The summed E-state index contributed by atoms with van der Waals surface area (Å²) in [4.78, 5) is 15.5. The van der Waals surface area contributed by atoms with E-state index in [0.717, 1.165) is 32.9 Å². The minimum atomic E-state index is 0.601. The van der Waals surface area contributed by atoms with E-state index >= 15 is 0 Å². The Morgan fingerprint density at radius 2 is 1.09 bits per heavy atom. The molecule has 9 aromatic rings. The van der Waals surface area contributed by atoms with E-state index in [2.05, 4.69) is 132 Å². The SMILES string of the molecule is c1ccc(-c2ccc3c(c2)c2ccccc2n3-c2nc(-c3ccccc3)nc(-c3cccc4sc5ccccc5c34)n2)cc1. The second-order valence-electron chi connectivity index (χ2n) is 10.9. The van der Waals surface area contributed by atoms with Crippen molar-refractivity contribution < 1.29 is 0 Å². The third-order valence-corrected chi connectivity index (χ3v) is 9.41. The van der Waals surface area contributed by atoms with Crippen molar-refractivity contribution in [2.75, 3.05) is 0 Å². The highest BCUT2D eigenvalue weighted by Crippen LogP contribution is 2.40. The quantitative estimate of drug-likeness (QED) is 0.208. The van der Waals surface area contributed by atoms with Gasteiger partial charge in [-0.2, -0.15) is 9.97 Å². The van der Waals surface area contributed by atoms with E-state index in [1.807, 2.05) is 18.2 Å². The molecule has 0 radical (unpaired) electrons. The Hall–Kier alpha value is -5.65. The molecular formula is C39H24N4S. The normalized spacial score (nSPS) is 11.6.